The molecule has 7 heteroatoms. The van der Waals surface area contributed by atoms with E-state index in [-0.39, 0.29) is 23.3 Å². The SMILES string of the molecule is CCNC(=O)COc1ccc(S(=O)(=O)Cl)cc1C(C)C. The van der Waals surface area contributed by atoms with Crippen LogP contribution in [-0.4, -0.2) is 27.5 Å². The summed E-state index contributed by atoms with van der Waals surface area (Å²) in [4.78, 5) is 11.4. The van der Waals surface area contributed by atoms with Crippen molar-refractivity contribution in [2.75, 3.05) is 13.2 Å². The molecule has 1 rings (SSSR count). The lowest BCUT2D eigenvalue weighted by Gasteiger charge is -2.14. The molecule has 1 aromatic rings. The van der Waals surface area contributed by atoms with E-state index in [0.717, 1.165) is 0 Å². The molecule has 0 radical (unpaired) electrons. The van der Waals surface area contributed by atoms with E-state index in [2.05, 4.69) is 5.32 Å². The van der Waals surface area contributed by atoms with Crippen LogP contribution in [0.3, 0.4) is 0 Å². The number of carbonyl (C=O) groups is 1. The molecule has 112 valence electrons. The highest BCUT2D eigenvalue weighted by Gasteiger charge is 2.16. The van der Waals surface area contributed by atoms with Gasteiger partial charge in [-0.15, -0.1) is 0 Å². The van der Waals surface area contributed by atoms with Crippen molar-refractivity contribution in [3.8, 4) is 5.75 Å². The molecule has 0 aliphatic heterocycles. The molecule has 0 unspecified atom stereocenters. The van der Waals surface area contributed by atoms with Gasteiger partial charge < -0.3 is 10.1 Å². The lowest BCUT2D eigenvalue weighted by Crippen LogP contribution is -2.28. The minimum absolute atomic E-state index is 0.0215. The van der Waals surface area contributed by atoms with Crippen LogP contribution in [0.4, 0.5) is 0 Å². The quantitative estimate of drug-likeness (QED) is 0.816. The van der Waals surface area contributed by atoms with Crippen molar-refractivity contribution in [1.29, 1.82) is 0 Å². The summed E-state index contributed by atoms with van der Waals surface area (Å²) in [5.41, 5.74) is 0.691. The summed E-state index contributed by atoms with van der Waals surface area (Å²) in [6, 6.07) is 4.35. The summed E-state index contributed by atoms with van der Waals surface area (Å²) in [5, 5.41) is 2.62. The van der Waals surface area contributed by atoms with Crippen LogP contribution in [0.1, 0.15) is 32.3 Å². The van der Waals surface area contributed by atoms with E-state index in [0.29, 0.717) is 17.9 Å². The van der Waals surface area contributed by atoms with Crippen molar-refractivity contribution >= 4 is 25.6 Å². The van der Waals surface area contributed by atoms with Crippen molar-refractivity contribution in [1.82, 2.24) is 5.32 Å². The van der Waals surface area contributed by atoms with Gasteiger partial charge in [-0.2, -0.15) is 0 Å². The number of benzene rings is 1. The van der Waals surface area contributed by atoms with Gasteiger partial charge in [-0.05, 0) is 36.6 Å². The highest BCUT2D eigenvalue weighted by molar-refractivity contribution is 8.13. The molecule has 5 nitrogen and oxygen atoms in total. The van der Waals surface area contributed by atoms with Crippen LogP contribution in [-0.2, 0) is 13.8 Å². The van der Waals surface area contributed by atoms with Crippen LogP contribution in [0.2, 0.25) is 0 Å². The summed E-state index contributed by atoms with van der Waals surface area (Å²) < 4.78 is 28.1. The molecule has 0 saturated carbocycles. The maximum Gasteiger partial charge on any atom is 0.261 e. The molecule has 0 aliphatic rings. The lowest BCUT2D eigenvalue weighted by atomic mass is 10.0. The Bertz CT molecular complexity index is 584. The van der Waals surface area contributed by atoms with E-state index in [1.807, 2.05) is 20.8 Å². The molecule has 0 fully saturated rings. The van der Waals surface area contributed by atoms with E-state index in [4.69, 9.17) is 15.4 Å². The Morgan fingerprint density at radius 1 is 1.40 bits per heavy atom. The highest BCUT2D eigenvalue weighted by atomic mass is 35.7. The zero-order valence-corrected chi connectivity index (χ0v) is 13.2. The standard InChI is InChI=1S/C13H18ClNO4S/c1-4-15-13(16)8-19-12-6-5-10(20(14,17)18)7-11(12)9(2)3/h5-7,9H,4,8H2,1-3H3,(H,15,16). The number of rotatable bonds is 6. The Labute approximate surface area is 123 Å². The summed E-state index contributed by atoms with van der Waals surface area (Å²) in [6.45, 7) is 6.04. The van der Waals surface area contributed by atoms with E-state index in [9.17, 15) is 13.2 Å². The third-order valence-corrected chi connectivity index (χ3v) is 3.97. The molecule has 0 atom stereocenters. The first-order valence-corrected chi connectivity index (χ1v) is 8.54. The van der Waals surface area contributed by atoms with Crippen molar-refractivity contribution in [3.05, 3.63) is 23.8 Å². The zero-order valence-electron chi connectivity index (χ0n) is 11.6. The lowest BCUT2D eigenvalue weighted by molar-refractivity contribution is -0.123. The number of hydrogen-bond acceptors (Lipinski definition) is 4. The Kier molecular flexibility index (Phi) is 5.83. The molecule has 0 saturated heterocycles. The second-order valence-electron chi connectivity index (χ2n) is 4.53. The monoisotopic (exact) mass is 319 g/mol. The average molecular weight is 320 g/mol. The largest absolute Gasteiger partial charge is 0.483 e. The van der Waals surface area contributed by atoms with Gasteiger partial charge >= 0.3 is 0 Å². The first kappa shape index (κ1) is 16.8. The molecular formula is C13H18ClNO4S. The normalized spacial score (nSPS) is 11.4. The zero-order chi connectivity index (χ0) is 15.3. The van der Waals surface area contributed by atoms with Gasteiger partial charge in [0.15, 0.2) is 6.61 Å². The van der Waals surface area contributed by atoms with Gasteiger partial charge in [0, 0.05) is 17.2 Å². The van der Waals surface area contributed by atoms with Gasteiger partial charge in [-0.3, -0.25) is 4.79 Å². The molecule has 1 N–H and O–H groups in total. The average Bonchev–Trinajstić information content (AvgIpc) is 2.35. The van der Waals surface area contributed by atoms with Gasteiger partial charge in [-0.25, -0.2) is 8.42 Å². The third kappa shape index (κ3) is 4.68. The van der Waals surface area contributed by atoms with Gasteiger partial charge in [0.25, 0.3) is 15.0 Å². The first-order valence-electron chi connectivity index (χ1n) is 6.23. The summed E-state index contributed by atoms with van der Waals surface area (Å²) in [6.07, 6.45) is 0. The van der Waals surface area contributed by atoms with E-state index >= 15 is 0 Å². The van der Waals surface area contributed by atoms with E-state index in [1.165, 1.54) is 18.2 Å². The van der Waals surface area contributed by atoms with Crippen LogP contribution in [0, 0.1) is 0 Å². The van der Waals surface area contributed by atoms with Gasteiger partial charge in [0.2, 0.25) is 0 Å². The second kappa shape index (κ2) is 6.95. The fourth-order valence-corrected chi connectivity index (χ4v) is 2.44. The molecule has 1 amide bonds. The van der Waals surface area contributed by atoms with Gasteiger partial charge in [0.1, 0.15) is 5.75 Å². The maximum absolute atomic E-state index is 11.4. The molecular weight excluding hydrogens is 302 g/mol. The number of hydrogen-bond donors (Lipinski definition) is 1. The summed E-state index contributed by atoms with van der Waals surface area (Å²) >= 11 is 0. The summed E-state index contributed by atoms with van der Waals surface area (Å²) in [5.74, 6) is 0.296. The number of likely N-dealkylation sites (N-methyl/N-ethyl adjacent to an activating group) is 1. The second-order valence-corrected chi connectivity index (χ2v) is 7.10. The van der Waals surface area contributed by atoms with Crippen LogP contribution < -0.4 is 10.1 Å². The molecule has 0 heterocycles. The van der Waals surface area contributed by atoms with Gasteiger partial charge in [0.05, 0.1) is 4.90 Å². The molecule has 20 heavy (non-hydrogen) atoms. The first-order chi connectivity index (χ1) is 9.25. The van der Waals surface area contributed by atoms with Crippen LogP contribution in [0.5, 0.6) is 5.75 Å². The van der Waals surface area contributed by atoms with Crippen LogP contribution in [0.15, 0.2) is 23.1 Å². The number of ether oxygens (including phenoxy) is 1. The maximum atomic E-state index is 11.4. The minimum Gasteiger partial charge on any atom is -0.483 e. The molecule has 0 bridgehead atoms. The highest BCUT2D eigenvalue weighted by Crippen LogP contribution is 2.30. The Morgan fingerprint density at radius 2 is 2.05 bits per heavy atom. The third-order valence-electron chi connectivity index (χ3n) is 2.62. The van der Waals surface area contributed by atoms with Crippen LogP contribution >= 0.6 is 10.7 Å². The van der Waals surface area contributed by atoms with E-state index < -0.39 is 9.05 Å². The number of nitrogens with one attached hydrogen (secondary N) is 1. The fraction of sp³-hybridized carbons (Fsp3) is 0.462. The predicted octanol–water partition coefficient (Wildman–Crippen LogP) is 2.25. The number of amides is 1. The molecule has 0 aromatic heterocycles. The molecule has 0 aliphatic carbocycles. The molecule has 0 spiro atoms. The van der Waals surface area contributed by atoms with Gasteiger partial charge in [-0.1, -0.05) is 13.8 Å². The van der Waals surface area contributed by atoms with Crippen LogP contribution in [0.25, 0.3) is 0 Å². The smallest absolute Gasteiger partial charge is 0.261 e. The Morgan fingerprint density at radius 3 is 2.55 bits per heavy atom. The van der Waals surface area contributed by atoms with Crippen molar-refractivity contribution in [2.45, 2.75) is 31.6 Å². The topological polar surface area (TPSA) is 72.5 Å². The Balaban J connectivity index is 3.00. The predicted molar refractivity (Wildman–Crippen MR) is 77.7 cm³/mol. The Hall–Kier alpha value is -1.27. The fourth-order valence-electron chi connectivity index (χ4n) is 1.65. The minimum atomic E-state index is -3.78. The molecule has 1 aromatic carbocycles. The summed E-state index contributed by atoms with van der Waals surface area (Å²) in [7, 11) is 1.55. The van der Waals surface area contributed by atoms with Crippen molar-refractivity contribution < 1.29 is 17.9 Å². The number of carbonyl (C=O) groups excluding carboxylic acids is 1. The van der Waals surface area contributed by atoms with E-state index in [1.54, 1.807) is 0 Å². The number of halogens is 1. The van der Waals surface area contributed by atoms with Crippen molar-refractivity contribution in [3.63, 3.8) is 0 Å². The van der Waals surface area contributed by atoms with Crippen molar-refractivity contribution in [2.24, 2.45) is 0 Å².